The van der Waals surface area contributed by atoms with Gasteiger partial charge in [-0.1, -0.05) is 30.1 Å². The molecule has 0 saturated heterocycles. The first kappa shape index (κ1) is 17.2. The van der Waals surface area contributed by atoms with Crippen LogP contribution in [0, 0.1) is 0 Å². The van der Waals surface area contributed by atoms with E-state index in [2.05, 4.69) is 9.72 Å². The van der Waals surface area contributed by atoms with Crippen molar-refractivity contribution in [2.45, 2.75) is 18.2 Å². The van der Waals surface area contributed by atoms with Gasteiger partial charge in [0.05, 0.1) is 12.1 Å². The van der Waals surface area contributed by atoms with Crippen molar-refractivity contribution in [2.24, 2.45) is 0 Å². The van der Waals surface area contributed by atoms with E-state index in [0.717, 1.165) is 10.5 Å². The first-order valence-electron chi connectivity index (χ1n) is 5.71. The summed E-state index contributed by atoms with van der Waals surface area (Å²) in [4.78, 5) is 14.9. The van der Waals surface area contributed by atoms with E-state index in [1.165, 1.54) is 13.2 Å². The van der Waals surface area contributed by atoms with E-state index in [-0.39, 0.29) is 28.2 Å². The number of carbonyl (C=O) groups is 1. The highest BCUT2D eigenvalue weighted by atomic mass is 35.5. The molecule has 0 aliphatic carbocycles. The Morgan fingerprint density at radius 3 is 2.60 bits per heavy atom. The third-order valence-electron chi connectivity index (χ3n) is 2.42. The predicted octanol–water partition coefficient (Wildman–Crippen LogP) is 1.96. The molecule has 1 rings (SSSR count). The molecule has 6 nitrogen and oxygen atoms in total. The molecule has 0 fully saturated rings. The minimum atomic E-state index is -3.88. The van der Waals surface area contributed by atoms with E-state index < -0.39 is 16.0 Å². The minimum Gasteiger partial charge on any atom is -0.468 e. The van der Waals surface area contributed by atoms with Gasteiger partial charge in [-0.15, -0.1) is 0 Å². The smallest absolute Gasteiger partial charge is 0.321 e. The highest BCUT2D eigenvalue weighted by Gasteiger charge is 2.27. The number of carbonyl (C=O) groups excluding carboxylic acids is 1. The molecular weight excluding hydrogens is 327 g/mol. The van der Waals surface area contributed by atoms with Gasteiger partial charge in [-0.2, -0.15) is 4.31 Å². The summed E-state index contributed by atoms with van der Waals surface area (Å²) in [5, 5.41) is 0.0443. The highest BCUT2D eigenvalue weighted by Crippen LogP contribution is 2.24. The first-order valence-corrected chi connectivity index (χ1v) is 7.90. The van der Waals surface area contributed by atoms with Gasteiger partial charge in [0, 0.05) is 12.7 Å². The number of nitrogens with zero attached hydrogens (tertiary/aromatic N) is 2. The zero-order chi connectivity index (χ0) is 15.3. The number of hydrogen-bond donors (Lipinski definition) is 0. The number of methoxy groups -OCH3 is 1. The summed E-state index contributed by atoms with van der Waals surface area (Å²) in [6, 6.07) is 1.20. The molecule has 0 N–H and O–H groups in total. The first-order chi connectivity index (χ1) is 9.32. The van der Waals surface area contributed by atoms with E-state index in [4.69, 9.17) is 23.2 Å². The lowest BCUT2D eigenvalue weighted by Crippen LogP contribution is -2.36. The quantitative estimate of drug-likeness (QED) is 0.584. The molecule has 20 heavy (non-hydrogen) atoms. The number of rotatable bonds is 6. The van der Waals surface area contributed by atoms with Crippen LogP contribution in [-0.2, 0) is 19.6 Å². The van der Waals surface area contributed by atoms with Crippen LogP contribution >= 0.6 is 23.2 Å². The maximum Gasteiger partial charge on any atom is 0.321 e. The molecule has 0 aromatic carbocycles. The molecule has 0 aliphatic heterocycles. The molecule has 1 heterocycles. The Labute approximate surface area is 127 Å². The van der Waals surface area contributed by atoms with Crippen LogP contribution < -0.4 is 0 Å². The fraction of sp³-hybridized carbons (Fsp3) is 0.455. The Bertz CT molecular complexity index is 592. The van der Waals surface area contributed by atoms with Crippen molar-refractivity contribution < 1.29 is 17.9 Å². The molecule has 1 aromatic heterocycles. The van der Waals surface area contributed by atoms with Crippen LogP contribution in [0.3, 0.4) is 0 Å². The van der Waals surface area contributed by atoms with Gasteiger partial charge in [0.25, 0.3) is 0 Å². The van der Waals surface area contributed by atoms with Crippen molar-refractivity contribution in [3.8, 4) is 0 Å². The maximum absolute atomic E-state index is 12.4. The molecule has 0 saturated carbocycles. The van der Waals surface area contributed by atoms with Crippen LogP contribution in [0.1, 0.15) is 13.3 Å². The van der Waals surface area contributed by atoms with Crippen molar-refractivity contribution in [2.75, 3.05) is 20.2 Å². The summed E-state index contributed by atoms with van der Waals surface area (Å²) in [6.07, 6.45) is 1.65. The van der Waals surface area contributed by atoms with E-state index in [1.54, 1.807) is 6.92 Å². The summed E-state index contributed by atoms with van der Waals surface area (Å²) in [7, 11) is -2.69. The molecule has 1 aromatic rings. The third kappa shape index (κ3) is 4.05. The lowest BCUT2D eigenvalue weighted by molar-refractivity contribution is -0.140. The van der Waals surface area contributed by atoms with Gasteiger partial charge in [-0.3, -0.25) is 4.79 Å². The lowest BCUT2D eigenvalue weighted by atomic mass is 10.5. The van der Waals surface area contributed by atoms with Gasteiger partial charge in [0.2, 0.25) is 10.0 Å². The number of aromatic nitrogens is 1. The molecule has 0 radical (unpaired) electrons. The third-order valence-corrected chi connectivity index (χ3v) is 4.91. The predicted molar refractivity (Wildman–Crippen MR) is 75.3 cm³/mol. The highest BCUT2D eigenvalue weighted by molar-refractivity contribution is 7.89. The fourth-order valence-corrected chi connectivity index (χ4v) is 3.22. The van der Waals surface area contributed by atoms with Crippen molar-refractivity contribution >= 4 is 39.2 Å². The average molecular weight is 341 g/mol. The Morgan fingerprint density at radius 2 is 2.10 bits per heavy atom. The standard InChI is InChI=1S/C11H14Cl2N2O4S/c1-3-4-15(7-10(16)19-2)20(17,18)8-5-9(12)11(13)14-6-8/h5-6H,3-4,7H2,1-2H3. The van der Waals surface area contributed by atoms with Gasteiger partial charge in [-0.05, 0) is 12.5 Å². The van der Waals surface area contributed by atoms with Crippen molar-refractivity contribution in [3.63, 3.8) is 0 Å². The topological polar surface area (TPSA) is 76.6 Å². The summed E-state index contributed by atoms with van der Waals surface area (Å²) >= 11 is 11.4. The van der Waals surface area contributed by atoms with Crippen LogP contribution in [0.15, 0.2) is 17.2 Å². The number of halogens is 2. The molecule has 112 valence electrons. The summed E-state index contributed by atoms with van der Waals surface area (Å²) in [6.45, 7) is 1.61. The van der Waals surface area contributed by atoms with Gasteiger partial charge >= 0.3 is 5.97 Å². The second kappa shape index (κ2) is 7.21. The second-order valence-corrected chi connectivity index (χ2v) is 6.56. The van der Waals surface area contributed by atoms with Crippen molar-refractivity contribution in [1.82, 2.24) is 9.29 Å². The van der Waals surface area contributed by atoms with Gasteiger partial charge in [0.15, 0.2) is 0 Å². The number of sulfonamides is 1. The molecular formula is C11H14Cl2N2O4S. The number of pyridine rings is 1. The Morgan fingerprint density at radius 1 is 1.45 bits per heavy atom. The second-order valence-electron chi connectivity index (χ2n) is 3.86. The van der Waals surface area contributed by atoms with Crippen molar-refractivity contribution in [3.05, 3.63) is 22.4 Å². The molecule has 0 spiro atoms. The van der Waals surface area contributed by atoms with Crippen LogP contribution in [0.4, 0.5) is 0 Å². The van der Waals surface area contributed by atoms with Crippen LogP contribution in [0.25, 0.3) is 0 Å². The minimum absolute atomic E-state index is 0.0145. The molecule has 0 unspecified atom stereocenters. The summed E-state index contributed by atoms with van der Waals surface area (Å²) in [5.41, 5.74) is 0. The molecule has 0 bridgehead atoms. The van der Waals surface area contributed by atoms with Gasteiger partial charge in [-0.25, -0.2) is 13.4 Å². The van der Waals surface area contributed by atoms with Crippen LogP contribution in [0.2, 0.25) is 10.2 Å². The summed E-state index contributed by atoms with van der Waals surface area (Å²) in [5.74, 6) is -0.643. The number of hydrogen-bond acceptors (Lipinski definition) is 5. The van der Waals surface area contributed by atoms with Crippen LogP contribution in [-0.4, -0.2) is 43.9 Å². The number of ether oxygens (including phenoxy) is 1. The zero-order valence-corrected chi connectivity index (χ0v) is 13.3. The molecule has 9 heteroatoms. The molecule has 0 aliphatic rings. The zero-order valence-electron chi connectivity index (χ0n) is 11.0. The summed E-state index contributed by atoms with van der Waals surface area (Å²) < 4.78 is 30.3. The normalized spacial score (nSPS) is 11.7. The largest absolute Gasteiger partial charge is 0.468 e. The van der Waals surface area contributed by atoms with E-state index in [1.807, 2.05) is 0 Å². The van der Waals surface area contributed by atoms with E-state index >= 15 is 0 Å². The van der Waals surface area contributed by atoms with Gasteiger partial charge < -0.3 is 4.74 Å². The SMILES string of the molecule is CCCN(CC(=O)OC)S(=O)(=O)c1cnc(Cl)c(Cl)c1. The number of esters is 1. The fourth-order valence-electron chi connectivity index (χ4n) is 1.44. The van der Waals surface area contributed by atoms with Crippen molar-refractivity contribution in [1.29, 1.82) is 0 Å². The maximum atomic E-state index is 12.4. The average Bonchev–Trinajstić information content (AvgIpc) is 2.40. The lowest BCUT2D eigenvalue weighted by Gasteiger charge is -2.20. The molecule has 0 amide bonds. The Hall–Kier alpha value is -0.890. The van der Waals surface area contributed by atoms with E-state index in [9.17, 15) is 13.2 Å². The van der Waals surface area contributed by atoms with Gasteiger partial charge in [0.1, 0.15) is 16.6 Å². The van der Waals surface area contributed by atoms with Crippen LogP contribution in [0.5, 0.6) is 0 Å². The van der Waals surface area contributed by atoms with E-state index in [0.29, 0.717) is 6.42 Å². The molecule has 0 atom stereocenters. The Kier molecular flexibility index (Phi) is 6.19. The Balaban J connectivity index is 3.14. The monoisotopic (exact) mass is 340 g/mol.